The first-order chi connectivity index (χ1) is 8.74. The minimum atomic E-state index is -0.621. The van der Waals surface area contributed by atoms with Gasteiger partial charge in [-0.05, 0) is 0 Å². The van der Waals surface area contributed by atoms with Crippen LogP contribution in [0.15, 0.2) is 36.4 Å². The number of esters is 1. The Kier molecular flexibility index (Phi) is 4.46. The van der Waals surface area contributed by atoms with Crippen molar-refractivity contribution < 1.29 is 14.3 Å². The normalized spacial score (nSPS) is 10.1. The number of hydrogen-bond acceptors (Lipinski definition) is 3. The first-order valence-electron chi connectivity index (χ1n) is 5.66. The number of benzene rings is 1. The van der Waals surface area contributed by atoms with Crippen LogP contribution in [0.1, 0.15) is 15.3 Å². The second-order valence-corrected chi connectivity index (χ2v) is 6.71. The second kappa shape index (κ2) is 6.08. The van der Waals surface area contributed by atoms with E-state index in [2.05, 4.69) is 0 Å². The standard InChI is InChI=1S/C14H14O3Te/c1-3-17-14(15)13-9-8-12(18-13)10-4-6-11(16-2)7-5-10/h4-9H,3H2,1-2H3. The molecule has 4 heteroatoms. The summed E-state index contributed by atoms with van der Waals surface area (Å²) in [7, 11) is 1.65. The SMILES string of the molecule is CCOC(=O)c1ccc(-c2ccc(OC)cc2)[te]1. The summed E-state index contributed by atoms with van der Waals surface area (Å²) < 4.78 is 12.2. The summed E-state index contributed by atoms with van der Waals surface area (Å²) in [6, 6.07) is 11.8. The van der Waals surface area contributed by atoms with E-state index in [0.29, 0.717) is 6.61 Å². The number of methoxy groups -OCH3 is 1. The summed E-state index contributed by atoms with van der Waals surface area (Å²) in [5.74, 6) is 0.677. The number of carbonyl (C=O) groups excluding carboxylic acids is 1. The van der Waals surface area contributed by atoms with Crippen molar-refractivity contribution in [3.63, 3.8) is 0 Å². The molecule has 0 bridgehead atoms. The summed E-state index contributed by atoms with van der Waals surface area (Å²) in [5.41, 5.74) is 1.16. The van der Waals surface area contributed by atoms with Crippen molar-refractivity contribution in [2.45, 2.75) is 6.92 Å². The zero-order chi connectivity index (χ0) is 13.0. The first kappa shape index (κ1) is 13.2. The summed E-state index contributed by atoms with van der Waals surface area (Å²) in [5, 5.41) is 0. The molecule has 0 aliphatic rings. The molecule has 2 aromatic rings. The third-order valence-electron chi connectivity index (χ3n) is 2.46. The average Bonchev–Trinajstić information content (AvgIpc) is 2.89. The van der Waals surface area contributed by atoms with Gasteiger partial charge in [-0.25, -0.2) is 0 Å². The van der Waals surface area contributed by atoms with Gasteiger partial charge in [0.15, 0.2) is 0 Å². The summed E-state index contributed by atoms with van der Waals surface area (Å²) in [6.45, 7) is 2.26. The van der Waals surface area contributed by atoms with Gasteiger partial charge >= 0.3 is 116 Å². The fourth-order valence-corrected chi connectivity index (χ4v) is 4.14. The third kappa shape index (κ3) is 2.95. The molecule has 1 aromatic carbocycles. The summed E-state index contributed by atoms with van der Waals surface area (Å²) in [4.78, 5) is 11.6. The fraction of sp³-hybridized carbons (Fsp3) is 0.214. The van der Waals surface area contributed by atoms with Crippen LogP contribution in [0.25, 0.3) is 9.14 Å². The van der Waals surface area contributed by atoms with E-state index in [1.165, 1.54) is 3.58 Å². The average molecular weight is 358 g/mol. The van der Waals surface area contributed by atoms with Gasteiger partial charge in [0.1, 0.15) is 0 Å². The Morgan fingerprint density at radius 2 is 1.89 bits per heavy atom. The van der Waals surface area contributed by atoms with Crippen LogP contribution < -0.4 is 4.74 Å². The molecule has 0 radical (unpaired) electrons. The third-order valence-corrected chi connectivity index (χ3v) is 5.64. The Morgan fingerprint density at radius 1 is 1.17 bits per heavy atom. The van der Waals surface area contributed by atoms with E-state index in [9.17, 15) is 4.79 Å². The quantitative estimate of drug-likeness (QED) is 0.623. The van der Waals surface area contributed by atoms with E-state index in [1.807, 2.05) is 43.3 Å². The van der Waals surface area contributed by atoms with Crippen molar-refractivity contribution in [2.24, 2.45) is 0 Å². The van der Waals surface area contributed by atoms with Crippen molar-refractivity contribution in [1.82, 2.24) is 0 Å². The monoisotopic (exact) mass is 360 g/mol. The molecule has 1 aromatic heterocycles. The van der Waals surface area contributed by atoms with Gasteiger partial charge in [0.05, 0.1) is 0 Å². The van der Waals surface area contributed by atoms with Gasteiger partial charge in [-0.3, -0.25) is 0 Å². The molecule has 3 nitrogen and oxygen atoms in total. The van der Waals surface area contributed by atoms with E-state index < -0.39 is 20.4 Å². The van der Waals surface area contributed by atoms with Crippen molar-refractivity contribution >= 4 is 26.4 Å². The number of ether oxygens (including phenoxy) is 2. The molecule has 2 rings (SSSR count). The maximum atomic E-state index is 11.6. The molecule has 0 unspecified atom stereocenters. The summed E-state index contributed by atoms with van der Waals surface area (Å²) >= 11 is -0.621. The summed E-state index contributed by atoms with van der Waals surface area (Å²) in [6.07, 6.45) is 0. The fourth-order valence-electron chi connectivity index (χ4n) is 1.56. The molecular formula is C14H14O3Te. The van der Waals surface area contributed by atoms with E-state index in [1.54, 1.807) is 7.11 Å². The van der Waals surface area contributed by atoms with Crippen molar-refractivity contribution in [3.05, 3.63) is 40.0 Å². The zero-order valence-electron chi connectivity index (χ0n) is 10.3. The minimum absolute atomic E-state index is 0.167. The van der Waals surface area contributed by atoms with Crippen molar-refractivity contribution in [1.29, 1.82) is 0 Å². The van der Waals surface area contributed by atoms with E-state index in [4.69, 9.17) is 9.47 Å². The molecule has 18 heavy (non-hydrogen) atoms. The van der Waals surface area contributed by atoms with Gasteiger partial charge in [-0.2, -0.15) is 0 Å². The molecule has 94 valence electrons. The molecular weight excluding hydrogens is 344 g/mol. The van der Waals surface area contributed by atoms with Crippen LogP contribution in [0.4, 0.5) is 0 Å². The molecule has 0 aliphatic heterocycles. The molecule has 0 aliphatic carbocycles. The van der Waals surface area contributed by atoms with Gasteiger partial charge in [0, 0.05) is 0 Å². The van der Waals surface area contributed by atoms with Gasteiger partial charge in [-0.15, -0.1) is 0 Å². The van der Waals surface area contributed by atoms with Crippen LogP contribution in [0.3, 0.4) is 0 Å². The van der Waals surface area contributed by atoms with E-state index >= 15 is 0 Å². The Labute approximate surface area is 116 Å². The Morgan fingerprint density at radius 3 is 2.50 bits per heavy atom. The van der Waals surface area contributed by atoms with Crippen LogP contribution in [-0.2, 0) is 4.74 Å². The maximum absolute atomic E-state index is 11.6. The predicted molar refractivity (Wildman–Crippen MR) is 71.3 cm³/mol. The number of hydrogen-bond donors (Lipinski definition) is 0. The topological polar surface area (TPSA) is 35.5 Å². The Bertz CT molecular complexity index is 528. The van der Waals surface area contributed by atoms with Gasteiger partial charge < -0.3 is 0 Å². The Balaban J connectivity index is 2.20. The Hall–Kier alpha value is -1.24. The van der Waals surface area contributed by atoms with Gasteiger partial charge in [0.2, 0.25) is 0 Å². The van der Waals surface area contributed by atoms with Crippen LogP contribution in [-0.4, -0.2) is 40.1 Å². The van der Waals surface area contributed by atoms with Crippen LogP contribution in [0.5, 0.6) is 5.75 Å². The molecule has 0 saturated carbocycles. The molecule has 0 N–H and O–H groups in total. The number of rotatable bonds is 4. The van der Waals surface area contributed by atoms with Crippen LogP contribution in [0, 0.1) is 0 Å². The molecule has 0 fully saturated rings. The van der Waals surface area contributed by atoms with Gasteiger partial charge in [0.25, 0.3) is 0 Å². The van der Waals surface area contributed by atoms with Gasteiger partial charge in [-0.1, -0.05) is 0 Å². The molecule has 0 saturated heterocycles. The predicted octanol–water partition coefficient (Wildman–Crippen LogP) is 2.60. The van der Waals surface area contributed by atoms with Crippen molar-refractivity contribution in [3.8, 4) is 14.9 Å². The van der Waals surface area contributed by atoms with E-state index in [0.717, 1.165) is 14.9 Å². The molecule has 0 spiro atoms. The zero-order valence-corrected chi connectivity index (χ0v) is 12.6. The van der Waals surface area contributed by atoms with E-state index in [-0.39, 0.29) is 5.97 Å². The molecule has 1 heterocycles. The van der Waals surface area contributed by atoms with Crippen LogP contribution in [0.2, 0.25) is 0 Å². The second-order valence-electron chi connectivity index (χ2n) is 3.61. The van der Waals surface area contributed by atoms with Crippen molar-refractivity contribution in [2.75, 3.05) is 13.7 Å². The molecule has 0 amide bonds. The molecule has 0 atom stereocenters. The number of carbonyl (C=O) groups is 1. The van der Waals surface area contributed by atoms with Crippen LogP contribution >= 0.6 is 0 Å². The first-order valence-corrected chi connectivity index (χ1v) is 7.99.